The van der Waals surface area contributed by atoms with Gasteiger partial charge in [-0.15, -0.1) is 0 Å². The van der Waals surface area contributed by atoms with Crippen molar-refractivity contribution in [2.24, 2.45) is 0 Å². The largest absolute Gasteiger partial charge is 0.383 e. The van der Waals surface area contributed by atoms with Crippen LogP contribution < -0.4 is 5.32 Å². The Bertz CT molecular complexity index is 531. The van der Waals surface area contributed by atoms with Crippen LogP contribution in [0.1, 0.15) is 5.56 Å². The summed E-state index contributed by atoms with van der Waals surface area (Å²) < 4.78 is 29.1. The SMILES string of the molecule is COCCN(CC(=O)NCCc1ccccc1)S(C)(=O)=O. The Morgan fingerprint density at radius 3 is 2.52 bits per heavy atom. The van der Waals surface area contributed by atoms with Crippen molar-refractivity contribution in [3.63, 3.8) is 0 Å². The van der Waals surface area contributed by atoms with Crippen LogP contribution in [0.5, 0.6) is 0 Å². The number of nitrogens with one attached hydrogen (secondary N) is 1. The van der Waals surface area contributed by atoms with Crippen molar-refractivity contribution in [1.82, 2.24) is 9.62 Å². The number of ether oxygens (including phenoxy) is 1. The predicted octanol–water partition coefficient (Wildman–Crippen LogP) is 0.253. The molecule has 6 nitrogen and oxygen atoms in total. The first-order chi connectivity index (χ1) is 9.93. The van der Waals surface area contributed by atoms with Crippen LogP contribution in [-0.4, -0.2) is 58.2 Å². The second-order valence-corrected chi connectivity index (χ2v) is 6.66. The number of amides is 1. The maximum atomic E-state index is 11.8. The summed E-state index contributed by atoms with van der Waals surface area (Å²) in [6.07, 6.45) is 1.80. The highest BCUT2D eigenvalue weighted by molar-refractivity contribution is 7.88. The van der Waals surface area contributed by atoms with Crippen molar-refractivity contribution in [3.05, 3.63) is 35.9 Å². The van der Waals surface area contributed by atoms with E-state index in [2.05, 4.69) is 5.32 Å². The first kappa shape index (κ1) is 17.6. The molecule has 0 saturated heterocycles. The Morgan fingerprint density at radius 1 is 1.29 bits per heavy atom. The molecule has 0 spiro atoms. The van der Waals surface area contributed by atoms with Gasteiger partial charge in [-0.25, -0.2) is 8.42 Å². The Labute approximate surface area is 126 Å². The lowest BCUT2D eigenvalue weighted by Crippen LogP contribution is -2.42. The minimum Gasteiger partial charge on any atom is -0.383 e. The number of rotatable bonds is 9. The number of hydrogen-bond acceptors (Lipinski definition) is 4. The quantitative estimate of drug-likeness (QED) is 0.709. The summed E-state index contributed by atoms with van der Waals surface area (Å²) in [7, 11) is -1.93. The molecule has 0 atom stereocenters. The van der Waals surface area contributed by atoms with Gasteiger partial charge in [0.15, 0.2) is 0 Å². The van der Waals surface area contributed by atoms with Gasteiger partial charge in [-0.3, -0.25) is 4.79 Å². The van der Waals surface area contributed by atoms with E-state index in [1.165, 1.54) is 7.11 Å². The van der Waals surface area contributed by atoms with E-state index in [0.717, 1.165) is 16.1 Å². The minimum absolute atomic E-state index is 0.168. The van der Waals surface area contributed by atoms with E-state index >= 15 is 0 Å². The van der Waals surface area contributed by atoms with Crippen LogP contribution in [0.2, 0.25) is 0 Å². The summed E-state index contributed by atoms with van der Waals surface area (Å²) in [5.74, 6) is -0.313. The molecule has 0 fully saturated rings. The highest BCUT2D eigenvalue weighted by atomic mass is 32.2. The van der Waals surface area contributed by atoms with Crippen molar-refractivity contribution in [2.75, 3.05) is 39.6 Å². The number of nitrogens with zero attached hydrogens (tertiary/aromatic N) is 1. The van der Waals surface area contributed by atoms with Gasteiger partial charge >= 0.3 is 0 Å². The van der Waals surface area contributed by atoms with Crippen molar-refractivity contribution in [3.8, 4) is 0 Å². The van der Waals surface area contributed by atoms with Crippen LogP contribution in [0.4, 0.5) is 0 Å². The summed E-state index contributed by atoms with van der Waals surface area (Å²) in [4.78, 5) is 11.8. The summed E-state index contributed by atoms with van der Waals surface area (Å²) in [6, 6.07) is 9.77. The zero-order chi connectivity index (χ0) is 15.7. The minimum atomic E-state index is -3.42. The van der Waals surface area contributed by atoms with Crippen LogP contribution in [-0.2, 0) is 26.0 Å². The van der Waals surface area contributed by atoms with Crippen molar-refractivity contribution >= 4 is 15.9 Å². The zero-order valence-corrected chi connectivity index (χ0v) is 13.2. The van der Waals surface area contributed by atoms with E-state index in [9.17, 15) is 13.2 Å². The van der Waals surface area contributed by atoms with E-state index in [1.54, 1.807) is 0 Å². The molecule has 0 aromatic heterocycles. The van der Waals surface area contributed by atoms with Crippen LogP contribution in [0.15, 0.2) is 30.3 Å². The number of carbonyl (C=O) groups is 1. The Balaban J connectivity index is 2.40. The second kappa shape index (κ2) is 8.76. The Kier molecular flexibility index (Phi) is 7.35. The third-order valence-electron chi connectivity index (χ3n) is 2.91. The summed E-state index contributed by atoms with van der Waals surface area (Å²) in [6.45, 7) is 0.716. The van der Waals surface area contributed by atoms with Gasteiger partial charge in [0.1, 0.15) is 0 Å². The molecule has 0 unspecified atom stereocenters. The van der Waals surface area contributed by atoms with E-state index in [4.69, 9.17) is 4.74 Å². The van der Waals surface area contributed by atoms with Crippen molar-refractivity contribution in [1.29, 1.82) is 0 Å². The van der Waals surface area contributed by atoms with Crippen molar-refractivity contribution in [2.45, 2.75) is 6.42 Å². The summed E-state index contributed by atoms with van der Waals surface area (Å²) in [5, 5.41) is 2.72. The summed E-state index contributed by atoms with van der Waals surface area (Å²) >= 11 is 0. The third kappa shape index (κ3) is 7.22. The molecule has 7 heteroatoms. The first-order valence-corrected chi connectivity index (χ1v) is 8.53. The molecule has 0 aliphatic carbocycles. The molecular formula is C14H22N2O4S. The Morgan fingerprint density at radius 2 is 1.95 bits per heavy atom. The molecule has 0 heterocycles. The van der Waals surface area contributed by atoms with Gasteiger partial charge in [-0.05, 0) is 12.0 Å². The maximum Gasteiger partial charge on any atom is 0.235 e. The Hall–Kier alpha value is -1.44. The maximum absolute atomic E-state index is 11.8. The van der Waals surface area contributed by atoms with Crippen LogP contribution >= 0.6 is 0 Å². The topological polar surface area (TPSA) is 75.7 Å². The zero-order valence-electron chi connectivity index (χ0n) is 12.4. The fourth-order valence-electron chi connectivity index (χ4n) is 1.76. The molecule has 118 valence electrons. The number of carbonyl (C=O) groups excluding carboxylic acids is 1. The van der Waals surface area contributed by atoms with Gasteiger partial charge in [0.05, 0.1) is 19.4 Å². The summed E-state index contributed by atoms with van der Waals surface area (Å²) in [5.41, 5.74) is 1.12. The molecule has 0 radical (unpaired) electrons. The molecule has 21 heavy (non-hydrogen) atoms. The average molecular weight is 314 g/mol. The first-order valence-electron chi connectivity index (χ1n) is 6.68. The van der Waals surface area contributed by atoms with Gasteiger partial charge in [-0.2, -0.15) is 4.31 Å². The normalized spacial score (nSPS) is 11.6. The fraction of sp³-hybridized carbons (Fsp3) is 0.500. The third-order valence-corrected chi connectivity index (χ3v) is 4.16. The number of benzene rings is 1. The molecule has 0 bridgehead atoms. The smallest absolute Gasteiger partial charge is 0.235 e. The van der Waals surface area contributed by atoms with Gasteiger partial charge in [0.25, 0.3) is 0 Å². The lowest BCUT2D eigenvalue weighted by Gasteiger charge is -2.18. The average Bonchev–Trinajstić information content (AvgIpc) is 2.43. The lowest BCUT2D eigenvalue weighted by atomic mass is 10.1. The molecular weight excluding hydrogens is 292 g/mol. The molecule has 0 aliphatic rings. The molecule has 1 rings (SSSR count). The number of methoxy groups -OCH3 is 1. The monoisotopic (exact) mass is 314 g/mol. The number of hydrogen-bond donors (Lipinski definition) is 1. The highest BCUT2D eigenvalue weighted by Crippen LogP contribution is 1.99. The second-order valence-electron chi connectivity index (χ2n) is 4.67. The lowest BCUT2D eigenvalue weighted by molar-refractivity contribution is -0.121. The molecule has 0 aliphatic heterocycles. The molecule has 1 amide bonds. The molecule has 1 aromatic rings. The van der Waals surface area contributed by atoms with E-state index in [0.29, 0.717) is 13.0 Å². The van der Waals surface area contributed by atoms with E-state index in [1.807, 2.05) is 30.3 Å². The number of sulfonamides is 1. The highest BCUT2D eigenvalue weighted by Gasteiger charge is 2.19. The van der Waals surface area contributed by atoms with E-state index < -0.39 is 10.0 Å². The van der Waals surface area contributed by atoms with Gasteiger partial charge in [-0.1, -0.05) is 30.3 Å². The predicted molar refractivity (Wildman–Crippen MR) is 81.4 cm³/mol. The van der Waals surface area contributed by atoms with Crippen LogP contribution in [0.25, 0.3) is 0 Å². The van der Waals surface area contributed by atoms with Crippen molar-refractivity contribution < 1.29 is 17.9 Å². The van der Waals surface area contributed by atoms with Gasteiger partial charge < -0.3 is 10.1 Å². The van der Waals surface area contributed by atoms with Gasteiger partial charge in [0.2, 0.25) is 15.9 Å². The fourth-order valence-corrected chi connectivity index (χ4v) is 2.52. The van der Waals surface area contributed by atoms with Crippen LogP contribution in [0, 0.1) is 0 Å². The van der Waals surface area contributed by atoms with Gasteiger partial charge in [0, 0.05) is 20.2 Å². The van der Waals surface area contributed by atoms with Crippen LogP contribution in [0.3, 0.4) is 0 Å². The standard InChI is InChI=1S/C14H22N2O4S/c1-20-11-10-16(21(2,18)19)12-14(17)15-9-8-13-6-4-3-5-7-13/h3-7H,8-12H2,1-2H3,(H,15,17). The van der Waals surface area contributed by atoms with E-state index in [-0.39, 0.29) is 25.6 Å². The molecule has 1 N–H and O–H groups in total. The molecule has 1 aromatic carbocycles. The molecule has 0 saturated carbocycles.